The van der Waals surface area contributed by atoms with Gasteiger partial charge in [0.25, 0.3) is 5.91 Å². The van der Waals surface area contributed by atoms with Gasteiger partial charge >= 0.3 is 12.4 Å². The number of aromatic amines is 2. The zero-order chi connectivity index (χ0) is 39.5. The van der Waals surface area contributed by atoms with E-state index in [1.165, 1.54) is 12.7 Å². The van der Waals surface area contributed by atoms with Crippen LogP contribution in [0.4, 0.5) is 26.3 Å². The maximum absolute atomic E-state index is 14.2. The third kappa shape index (κ3) is 8.44. The summed E-state index contributed by atoms with van der Waals surface area (Å²) in [6.07, 6.45) is -7.15. The number of aromatic nitrogens is 6. The van der Waals surface area contributed by atoms with E-state index in [1.54, 1.807) is 65.2 Å². The van der Waals surface area contributed by atoms with Crippen molar-refractivity contribution in [3.05, 3.63) is 114 Å². The summed E-state index contributed by atoms with van der Waals surface area (Å²) in [6.45, 7) is 2.00. The van der Waals surface area contributed by atoms with Crippen molar-refractivity contribution in [2.45, 2.75) is 18.9 Å². The van der Waals surface area contributed by atoms with Gasteiger partial charge in [0.15, 0.2) is 0 Å². The molecule has 0 radical (unpaired) electrons. The number of nitrogens with two attached hydrogens (primary N) is 1. The molecule has 3 heterocycles. The maximum Gasteiger partial charge on any atom is 0.416 e. The minimum Gasteiger partial charge on any atom is -0.378 e. The first-order chi connectivity index (χ1) is 26.9. The number of nitrogens with zero attached hydrogens (tertiary/aromatic N) is 4. The van der Waals surface area contributed by atoms with E-state index in [1.807, 2.05) is 0 Å². The van der Waals surface area contributed by atoms with E-state index in [-0.39, 0.29) is 37.5 Å². The Balaban J connectivity index is 1.32. The number of amides is 1. The van der Waals surface area contributed by atoms with Gasteiger partial charge in [-0.25, -0.2) is 15.0 Å². The van der Waals surface area contributed by atoms with Gasteiger partial charge in [0.2, 0.25) is 0 Å². The number of hydrogen-bond acceptors (Lipinski definition) is 7. The summed E-state index contributed by atoms with van der Waals surface area (Å²) < 4.78 is 97.3. The van der Waals surface area contributed by atoms with Crippen molar-refractivity contribution in [3.63, 3.8) is 0 Å². The van der Waals surface area contributed by atoms with Crippen LogP contribution in [0.1, 0.15) is 27.0 Å². The molecule has 0 aliphatic heterocycles. The Morgan fingerprint density at radius 2 is 1.30 bits per heavy atom. The number of imidazole rings is 3. The van der Waals surface area contributed by atoms with Crippen LogP contribution in [-0.4, -0.2) is 74.9 Å². The molecule has 11 nitrogen and oxygen atoms in total. The maximum atomic E-state index is 14.2. The van der Waals surface area contributed by atoms with E-state index in [2.05, 4.69) is 25.3 Å². The minimum atomic E-state index is -5.09. The Hall–Kier alpha value is -6.04. The number of ether oxygens (including phenoxy) is 2. The first-order valence-electron chi connectivity index (χ1n) is 17.4. The number of carbonyl (C=O) groups is 1. The van der Waals surface area contributed by atoms with Gasteiger partial charge in [0.1, 0.15) is 5.82 Å². The normalized spacial score (nSPS) is 12.2. The van der Waals surface area contributed by atoms with Crippen LogP contribution in [0.2, 0.25) is 0 Å². The van der Waals surface area contributed by atoms with E-state index < -0.39 is 29.0 Å². The monoisotopic (exact) mass is 776 g/mol. The molecule has 56 heavy (non-hydrogen) atoms. The molecule has 1 amide bonds. The molecule has 3 aromatic heterocycles. The quantitative estimate of drug-likeness (QED) is 0.0663. The SMILES string of the molecule is NCCOCCOCCNC(=O)c1ccc(Cn2c(-c3cc(C(F)(F)F)cc(C(F)(F)F)c3)nc(-c3ccc4nc[nH]c4c3)c2-c2ccc3nc[nH]c3c2)cc1. The second-order valence-corrected chi connectivity index (χ2v) is 12.7. The van der Waals surface area contributed by atoms with Crippen LogP contribution in [0.3, 0.4) is 0 Å². The third-order valence-corrected chi connectivity index (χ3v) is 8.92. The Labute approximate surface area is 314 Å². The molecular weight excluding hydrogens is 742 g/mol. The number of H-pyrrole nitrogens is 2. The fourth-order valence-corrected chi connectivity index (χ4v) is 6.26. The summed E-state index contributed by atoms with van der Waals surface area (Å²) in [5, 5.41) is 2.77. The Morgan fingerprint density at radius 1 is 0.714 bits per heavy atom. The molecule has 7 aromatic rings. The number of hydrogen-bond donors (Lipinski definition) is 4. The largest absolute Gasteiger partial charge is 0.416 e. The molecule has 5 N–H and O–H groups in total. The van der Waals surface area contributed by atoms with E-state index in [0.717, 1.165) is 0 Å². The standard InChI is InChI=1S/C39H34F6N8O3/c40-38(41,42)28-15-27(16-29(19-28)39(43,44)45)36-52-34(25-5-7-30-32(17-25)50-21-48-30)35(26-6-8-31-33(18-26)51-22-49-31)53(36)20-23-1-3-24(4-2-23)37(54)47-10-12-56-14-13-55-11-9-46/h1-8,15-19,21-22H,9-14,20,46H2,(H,47,54)(H,48,50)(H,49,51). The van der Waals surface area contributed by atoms with Gasteiger partial charge in [0, 0.05) is 41.9 Å². The average molecular weight is 777 g/mol. The zero-order valence-electron chi connectivity index (χ0n) is 29.5. The number of alkyl halides is 6. The number of nitrogens with one attached hydrogen (secondary N) is 3. The number of halogens is 6. The lowest BCUT2D eigenvalue weighted by Crippen LogP contribution is -2.27. The van der Waals surface area contributed by atoms with Crippen LogP contribution in [0.5, 0.6) is 0 Å². The summed E-state index contributed by atoms with van der Waals surface area (Å²) in [7, 11) is 0. The molecule has 0 saturated heterocycles. The molecule has 290 valence electrons. The van der Waals surface area contributed by atoms with E-state index >= 15 is 0 Å². The smallest absolute Gasteiger partial charge is 0.378 e. The first kappa shape index (κ1) is 38.2. The number of benzene rings is 4. The van der Waals surface area contributed by atoms with E-state index in [0.29, 0.717) is 94.2 Å². The van der Waals surface area contributed by atoms with Gasteiger partial charge in [-0.15, -0.1) is 0 Å². The van der Waals surface area contributed by atoms with Crippen molar-refractivity contribution in [2.24, 2.45) is 5.73 Å². The summed E-state index contributed by atoms with van der Waals surface area (Å²) in [6, 6.07) is 18.4. The Bertz CT molecular complexity index is 2440. The molecule has 0 saturated carbocycles. The second-order valence-electron chi connectivity index (χ2n) is 12.7. The van der Waals surface area contributed by atoms with Crippen LogP contribution in [0, 0.1) is 0 Å². The van der Waals surface area contributed by atoms with E-state index in [9.17, 15) is 31.1 Å². The highest BCUT2D eigenvalue weighted by Crippen LogP contribution is 2.42. The molecule has 0 unspecified atom stereocenters. The molecule has 0 atom stereocenters. The van der Waals surface area contributed by atoms with Crippen molar-refractivity contribution >= 4 is 28.0 Å². The molecule has 0 aliphatic carbocycles. The minimum absolute atomic E-state index is 0.0510. The fourth-order valence-electron chi connectivity index (χ4n) is 6.26. The number of carbonyl (C=O) groups excluding carboxylic acids is 1. The lowest BCUT2D eigenvalue weighted by Gasteiger charge is -2.17. The van der Waals surface area contributed by atoms with Crippen LogP contribution < -0.4 is 11.1 Å². The molecule has 4 aromatic carbocycles. The molecule has 17 heteroatoms. The summed E-state index contributed by atoms with van der Waals surface area (Å²) >= 11 is 0. The predicted molar refractivity (Wildman–Crippen MR) is 196 cm³/mol. The highest BCUT2D eigenvalue weighted by atomic mass is 19.4. The first-order valence-corrected chi connectivity index (χ1v) is 17.4. The third-order valence-electron chi connectivity index (χ3n) is 8.92. The van der Waals surface area contributed by atoms with Gasteiger partial charge in [-0.1, -0.05) is 24.3 Å². The van der Waals surface area contributed by atoms with Gasteiger partial charge in [-0.05, 0) is 60.2 Å². The van der Waals surface area contributed by atoms with Gasteiger partial charge in [-0.2, -0.15) is 26.3 Å². The van der Waals surface area contributed by atoms with Gasteiger partial charge in [-0.3, -0.25) is 4.79 Å². The van der Waals surface area contributed by atoms with Crippen molar-refractivity contribution in [3.8, 4) is 33.9 Å². The van der Waals surface area contributed by atoms with Gasteiger partial charge in [0.05, 0.1) is 83.7 Å². The van der Waals surface area contributed by atoms with Crippen LogP contribution in [0.15, 0.2) is 91.5 Å². The molecular formula is C39H34F6N8O3. The Kier molecular flexibility index (Phi) is 10.9. The van der Waals surface area contributed by atoms with Crippen molar-refractivity contribution in [1.82, 2.24) is 34.8 Å². The summed E-state index contributed by atoms with van der Waals surface area (Å²) in [5.41, 5.74) is 7.34. The summed E-state index contributed by atoms with van der Waals surface area (Å²) in [4.78, 5) is 32.4. The van der Waals surface area contributed by atoms with E-state index in [4.69, 9.17) is 20.2 Å². The molecule has 0 fully saturated rings. The summed E-state index contributed by atoms with van der Waals surface area (Å²) in [5.74, 6) is -0.507. The number of rotatable bonds is 14. The zero-order valence-corrected chi connectivity index (χ0v) is 29.5. The average Bonchev–Trinajstić information content (AvgIpc) is 3.93. The lowest BCUT2D eigenvalue weighted by molar-refractivity contribution is -0.143. The Morgan fingerprint density at radius 3 is 1.91 bits per heavy atom. The molecule has 0 spiro atoms. The second kappa shape index (κ2) is 16.0. The van der Waals surface area contributed by atoms with Gasteiger partial charge < -0.3 is 35.1 Å². The molecule has 7 rings (SSSR count). The molecule has 0 aliphatic rings. The van der Waals surface area contributed by atoms with Crippen LogP contribution in [-0.2, 0) is 28.4 Å². The van der Waals surface area contributed by atoms with Crippen LogP contribution >= 0.6 is 0 Å². The number of fused-ring (bicyclic) bond motifs is 2. The highest BCUT2D eigenvalue weighted by molar-refractivity contribution is 5.94. The topological polar surface area (TPSA) is 149 Å². The highest BCUT2D eigenvalue weighted by Gasteiger charge is 2.38. The van der Waals surface area contributed by atoms with Crippen LogP contribution in [0.25, 0.3) is 56.0 Å². The lowest BCUT2D eigenvalue weighted by atomic mass is 10.0. The van der Waals surface area contributed by atoms with Crippen molar-refractivity contribution in [1.29, 1.82) is 0 Å². The fraction of sp³-hybridized carbons (Fsp3) is 0.231. The van der Waals surface area contributed by atoms with Crippen molar-refractivity contribution in [2.75, 3.05) is 39.5 Å². The molecule has 0 bridgehead atoms. The van der Waals surface area contributed by atoms with Crippen molar-refractivity contribution < 1.29 is 40.6 Å². The predicted octanol–water partition coefficient (Wildman–Crippen LogP) is 7.44.